The zero-order valence-electron chi connectivity index (χ0n) is 15.2. The Kier molecular flexibility index (Phi) is 4.65. The second kappa shape index (κ2) is 6.98. The first-order valence-electron chi connectivity index (χ1n) is 9.11. The molecule has 1 atom stereocenters. The van der Waals surface area contributed by atoms with Crippen LogP contribution in [-0.4, -0.2) is 30.4 Å². The Morgan fingerprint density at radius 1 is 1.07 bits per heavy atom. The molecule has 7 heteroatoms. The molecule has 0 aliphatic carbocycles. The molecule has 1 unspecified atom stereocenters. The van der Waals surface area contributed by atoms with Crippen molar-refractivity contribution in [3.05, 3.63) is 64.6 Å². The van der Waals surface area contributed by atoms with Crippen molar-refractivity contribution in [2.24, 2.45) is 7.05 Å². The average Bonchev–Trinajstić information content (AvgIpc) is 2.86. The number of aromatic nitrogens is 1. The Balaban J connectivity index is 1.70. The van der Waals surface area contributed by atoms with Gasteiger partial charge in [0.05, 0.1) is 10.4 Å². The first-order valence-corrected chi connectivity index (χ1v) is 10.6. The maximum Gasteiger partial charge on any atom is 0.419 e. The van der Waals surface area contributed by atoms with E-state index in [1.807, 2.05) is 18.2 Å². The molecule has 2 heterocycles. The molecule has 0 saturated carbocycles. The molecule has 1 saturated heterocycles. The highest BCUT2D eigenvalue weighted by atomic mass is 32.2. The molecule has 4 rings (SSSR count). The van der Waals surface area contributed by atoms with Gasteiger partial charge in [-0.25, -0.2) is 13.2 Å². The lowest BCUT2D eigenvalue weighted by atomic mass is 9.95. The van der Waals surface area contributed by atoms with Gasteiger partial charge in [-0.1, -0.05) is 36.8 Å². The first-order chi connectivity index (χ1) is 13.0. The van der Waals surface area contributed by atoms with E-state index in [1.165, 1.54) is 22.3 Å². The minimum absolute atomic E-state index is 0.186. The number of benzene rings is 2. The Labute approximate surface area is 158 Å². The van der Waals surface area contributed by atoms with Crippen molar-refractivity contribution in [2.75, 3.05) is 13.1 Å². The van der Waals surface area contributed by atoms with Gasteiger partial charge in [-0.15, -0.1) is 0 Å². The summed E-state index contributed by atoms with van der Waals surface area (Å²) >= 11 is 0. The number of hydrogen-bond acceptors (Lipinski definition) is 4. The molecule has 1 aliphatic rings. The maximum atomic E-state index is 13.3. The normalized spacial score (nSPS) is 19.2. The number of rotatable bonds is 3. The fourth-order valence-corrected chi connectivity index (χ4v) is 5.28. The zero-order chi connectivity index (χ0) is 19.0. The highest BCUT2D eigenvalue weighted by Gasteiger charge is 2.30. The van der Waals surface area contributed by atoms with Crippen molar-refractivity contribution >= 4 is 21.1 Å². The molecule has 0 radical (unpaired) electrons. The van der Waals surface area contributed by atoms with E-state index in [-0.39, 0.29) is 10.8 Å². The van der Waals surface area contributed by atoms with Crippen LogP contribution in [0.5, 0.6) is 0 Å². The predicted molar refractivity (Wildman–Crippen MR) is 103 cm³/mol. The molecule has 6 nitrogen and oxygen atoms in total. The Morgan fingerprint density at radius 3 is 2.63 bits per heavy atom. The van der Waals surface area contributed by atoms with Gasteiger partial charge in [0.25, 0.3) is 0 Å². The van der Waals surface area contributed by atoms with E-state index in [9.17, 15) is 13.2 Å². The van der Waals surface area contributed by atoms with E-state index in [4.69, 9.17) is 4.42 Å². The Morgan fingerprint density at radius 2 is 1.85 bits per heavy atom. The molecule has 0 spiro atoms. The van der Waals surface area contributed by atoms with E-state index in [1.54, 1.807) is 17.4 Å². The minimum Gasteiger partial charge on any atom is -0.408 e. The summed E-state index contributed by atoms with van der Waals surface area (Å²) in [5.74, 6) is -0.316. The maximum absolute atomic E-state index is 13.3. The summed E-state index contributed by atoms with van der Waals surface area (Å²) in [4.78, 5) is 11.9. The molecule has 0 bridgehead atoms. The number of fused-ring (bicyclic) bond motifs is 1. The average molecular weight is 386 g/mol. The number of nitrogens with zero attached hydrogens (tertiary/aromatic N) is 2. The SMILES string of the molecule is Cn1c(=O)oc2ccc(S(=O)(=O)N3CCCCC(c4ccccc4)C3)cc21. The van der Waals surface area contributed by atoms with Crippen LogP contribution in [0, 0.1) is 0 Å². The van der Waals surface area contributed by atoms with Crippen LogP contribution in [0.15, 0.2) is 62.6 Å². The summed E-state index contributed by atoms with van der Waals surface area (Å²) in [6.45, 7) is 0.975. The molecule has 1 fully saturated rings. The van der Waals surface area contributed by atoms with Gasteiger partial charge in [0, 0.05) is 20.1 Å². The predicted octanol–water partition coefficient (Wildman–Crippen LogP) is 3.09. The van der Waals surface area contributed by atoms with Crippen molar-refractivity contribution in [3.8, 4) is 0 Å². The van der Waals surface area contributed by atoms with Crippen LogP contribution >= 0.6 is 0 Å². The van der Waals surface area contributed by atoms with Crippen molar-refractivity contribution in [2.45, 2.75) is 30.1 Å². The standard InChI is InChI=1S/C20H22N2O4S/c1-21-18-13-17(10-11-19(18)26-20(21)23)27(24,25)22-12-6-5-9-16(14-22)15-7-3-2-4-8-15/h2-4,7-8,10-11,13,16H,5-6,9,12,14H2,1H3. The van der Waals surface area contributed by atoms with E-state index >= 15 is 0 Å². The van der Waals surface area contributed by atoms with Gasteiger partial charge in [-0.2, -0.15) is 4.31 Å². The zero-order valence-corrected chi connectivity index (χ0v) is 16.0. The van der Waals surface area contributed by atoms with Gasteiger partial charge in [0.2, 0.25) is 10.0 Å². The van der Waals surface area contributed by atoms with Crippen LogP contribution in [0.4, 0.5) is 0 Å². The van der Waals surface area contributed by atoms with Gasteiger partial charge in [-0.3, -0.25) is 4.57 Å². The quantitative estimate of drug-likeness (QED) is 0.693. The van der Waals surface area contributed by atoms with Gasteiger partial charge in [0.1, 0.15) is 0 Å². The van der Waals surface area contributed by atoms with E-state index in [2.05, 4.69) is 12.1 Å². The second-order valence-corrected chi connectivity index (χ2v) is 8.96. The van der Waals surface area contributed by atoms with E-state index in [0.717, 1.165) is 19.3 Å². The summed E-state index contributed by atoms with van der Waals surface area (Å²) < 4.78 is 34.6. The summed E-state index contributed by atoms with van der Waals surface area (Å²) in [7, 11) is -2.08. The third-order valence-electron chi connectivity index (χ3n) is 5.31. The summed E-state index contributed by atoms with van der Waals surface area (Å²) in [6.07, 6.45) is 2.82. The summed E-state index contributed by atoms with van der Waals surface area (Å²) in [6, 6.07) is 14.7. The smallest absolute Gasteiger partial charge is 0.408 e. The molecule has 2 aromatic carbocycles. The van der Waals surface area contributed by atoms with Crippen molar-refractivity contribution in [3.63, 3.8) is 0 Å². The lowest BCUT2D eigenvalue weighted by Crippen LogP contribution is -2.34. The molecule has 1 aromatic heterocycles. The number of hydrogen-bond donors (Lipinski definition) is 0. The van der Waals surface area contributed by atoms with Crippen LogP contribution < -0.4 is 5.76 Å². The summed E-state index contributed by atoms with van der Waals surface area (Å²) in [5.41, 5.74) is 2.04. The molecule has 27 heavy (non-hydrogen) atoms. The highest BCUT2D eigenvalue weighted by Crippen LogP contribution is 2.30. The Hall–Kier alpha value is -2.38. The molecule has 1 aliphatic heterocycles. The van der Waals surface area contributed by atoms with Crippen LogP contribution in [0.25, 0.3) is 11.1 Å². The highest BCUT2D eigenvalue weighted by molar-refractivity contribution is 7.89. The Bertz CT molecular complexity index is 1120. The minimum atomic E-state index is -3.65. The fraction of sp³-hybridized carbons (Fsp3) is 0.350. The van der Waals surface area contributed by atoms with Gasteiger partial charge >= 0.3 is 5.76 Å². The fourth-order valence-electron chi connectivity index (χ4n) is 3.74. The molecule has 3 aromatic rings. The summed E-state index contributed by atoms with van der Waals surface area (Å²) in [5, 5.41) is 0. The third-order valence-corrected chi connectivity index (χ3v) is 7.17. The number of oxazole rings is 1. The van der Waals surface area contributed by atoms with Crippen molar-refractivity contribution in [1.29, 1.82) is 0 Å². The largest absolute Gasteiger partial charge is 0.419 e. The number of aryl methyl sites for hydroxylation is 1. The van der Waals surface area contributed by atoms with Gasteiger partial charge < -0.3 is 4.42 Å². The first kappa shape index (κ1) is 18.0. The van der Waals surface area contributed by atoms with Gasteiger partial charge in [-0.05, 0) is 42.5 Å². The topological polar surface area (TPSA) is 72.5 Å². The lowest BCUT2D eigenvalue weighted by molar-refractivity contribution is 0.406. The number of sulfonamides is 1. The lowest BCUT2D eigenvalue weighted by Gasteiger charge is -2.24. The second-order valence-electron chi connectivity index (χ2n) is 7.02. The molecule has 142 valence electrons. The third kappa shape index (κ3) is 3.33. The van der Waals surface area contributed by atoms with Crippen LogP contribution in [0.3, 0.4) is 0 Å². The van der Waals surface area contributed by atoms with Crippen molar-refractivity contribution in [1.82, 2.24) is 8.87 Å². The van der Waals surface area contributed by atoms with E-state index < -0.39 is 15.8 Å². The monoisotopic (exact) mass is 386 g/mol. The molecular weight excluding hydrogens is 364 g/mol. The molecular formula is C20H22N2O4S. The van der Waals surface area contributed by atoms with Crippen LogP contribution in [0.1, 0.15) is 30.7 Å². The van der Waals surface area contributed by atoms with E-state index in [0.29, 0.717) is 24.2 Å². The van der Waals surface area contributed by atoms with Gasteiger partial charge in [0.15, 0.2) is 5.58 Å². The van der Waals surface area contributed by atoms with Crippen molar-refractivity contribution < 1.29 is 12.8 Å². The van der Waals surface area contributed by atoms with Crippen LogP contribution in [0.2, 0.25) is 0 Å². The van der Waals surface area contributed by atoms with Crippen LogP contribution in [-0.2, 0) is 17.1 Å². The molecule has 0 N–H and O–H groups in total. The molecule has 0 amide bonds.